The highest BCUT2D eigenvalue weighted by Crippen LogP contribution is 2.20. The molecule has 0 radical (unpaired) electrons. The quantitative estimate of drug-likeness (QED) is 0.848. The number of carbonyl (C=O) groups is 1. The number of benzene rings is 1. The SMILES string of the molecule is COc1ccc(C=CC(=O)O)c(Cn2cc(C)cn2)c1. The lowest BCUT2D eigenvalue weighted by molar-refractivity contribution is -0.131. The van der Waals surface area contributed by atoms with Gasteiger partial charge in [-0.3, -0.25) is 4.68 Å². The van der Waals surface area contributed by atoms with Crippen LogP contribution in [0, 0.1) is 6.92 Å². The summed E-state index contributed by atoms with van der Waals surface area (Å²) >= 11 is 0. The number of hydrogen-bond donors (Lipinski definition) is 1. The van der Waals surface area contributed by atoms with Crippen LogP contribution in [0.15, 0.2) is 36.7 Å². The molecule has 0 aliphatic rings. The maximum absolute atomic E-state index is 10.6. The Hall–Kier alpha value is -2.56. The fourth-order valence-electron chi connectivity index (χ4n) is 1.90. The predicted molar refractivity (Wildman–Crippen MR) is 75.7 cm³/mol. The van der Waals surface area contributed by atoms with Gasteiger partial charge in [0.1, 0.15) is 5.75 Å². The molecular weight excluding hydrogens is 256 g/mol. The van der Waals surface area contributed by atoms with E-state index in [4.69, 9.17) is 9.84 Å². The zero-order valence-electron chi connectivity index (χ0n) is 11.4. The monoisotopic (exact) mass is 272 g/mol. The van der Waals surface area contributed by atoms with E-state index in [1.54, 1.807) is 25.4 Å². The van der Waals surface area contributed by atoms with Gasteiger partial charge in [-0.05, 0) is 41.8 Å². The van der Waals surface area contributed by atoms with Crippen molar-refractivity contribution in [2.45, 2.75) is 13.5 Å². The van der Waals surface area contributed by atoms with Crippen LogP contribution in [0.2, 0.25) is 0 Å². The fourth-order valence-corrected chi connectivity index (χ4v) is 1.90. The van der Waals surface area contributed by atoms with Crippen LogP contribution in [0.4, 0.5) is 0 Å². The number of carboxylic acid groups (broad SMARTS) is 1. The minimum absolute atomic E-state index is 0.560. The Balaban J connectivity index is 2.34. The number of aliphatic carboxylic acids is 1. The largest absolute Gasteiger partial charge is 0.497 e. The molecule has 0 unspecified atom stereocenters. The van der Waals surface area contributed by atoms with Gasteiger partial charge in [0.25, 0.3) is 0 Å². The summed E-state index contributed by atoms with van der Waals surface area (Å²) in [5, 5.41) is 13.0. The highest BCUT2D eigenvalue weighted by Gasteiger charge is 2.05. The molecule has 0 atom stereocenters. The van der Waals surface area contributed by atoms with Gasteiger partial charge in [-0.1, -0.05) is 6.07 Å². The summed E-state index contributed by atoms with van der Waals surface area (Å²) in [6.45, 7) is 2.53. The molecule has 0 aliphatic carbocycles. The molecule has 1 heterocycles. The van der Waals surface area contributed by atoms with Gasteiger partial charge >= 0.3 is 5.97 Å². The van der Waals surface area contributed by atoms with Crippen LogP contribution in [-0.4, -0.2) is 28.0 Å². The van der Waals surface area contributed by atoms with Crippen molar-refractivity contribution in [3.63, 3.8) is 0 Å². The number of ether oxygens (including phenoxy) is 1. The van der Waals surface area contributed by atoms with E-state index in [-0.39, 0.29) is 0 Å². The van der Waals surface area contributed by atoms with Crippen molar-refractivity contribution < 1.29 is 14.6 Å². The first-order valence-electron chi connectivity index (χ1n) is 6.15. The van der Waals surface area contributed by atoms with Gasteiger partial charge in [0, 0.05) is 12.3 Å². The summed E-state index contributed by atoms with van der Waals surface area (Å²) in [5.41, 5.74) is 2.86. The normalized spacial score (nSPS) is 10.9. The van der Waals surface area contributed by atoms with Gasteiger partial charge in [0.2, 0.25) is 0 Å². The Morgan fingerprint density at radius 3 is 2.90 bits per heavy atom. The maximum Gasteiger partial charge on any atom is 0.328 e. The van der Waals surface area contributed by atoms with Crippen LogP contribution in [0.1, 0.15) is 16.7 Å². The lowest BCUT2D eigenvalue weighted by Gasteiger charge is -2.09. The van der Waals surface area contributed by atoms with Crippen LogP contribution < -0.4 is 4.74 Å². The maximum atomic E-state index is 10.6. The molecule has 1 aromatic heterocycles. The number of nitrogens with zero attached hydrogens (tertiary/aromatic N) is 2. The Morgan fingerprint density at radius 1 is 1.50 bits per heavy atom. The molecule has 0 saturated carbocycles. The van der Waals surface area contributed by atoms with Gasteiger partial charge in [0.05, 0.1) is 19.9 Å². The Bertz CT molecular complexity index is 644. The van der Waals surface area contributed by atoms with Crippen molar-refractivity contribution in [2.24, 2.45) is 0 Å². The third-order valence-corrected chi connectivity index (χ3v) is 2.85. The first-order chi connectivity index (χ1) is 9.58. The lowest BCUT2D eigenvalue weighted by Crippen LogP contribution is -2.02. The van der Waals surface area contributed by atoms with Crippen LogP contribution in [0.5, 0.6) is 5.75 Å². The minimum Gasteiger partial charge on any atom is -0.497 e. The summed E-state index contributed by atoms with van der Waals surface area (Å²) in [6.07, 6.45) is 6.42. The Morgan fingerprint density at radius 2 is 2.30 bits per heavy atom. The first-order valence-corrected chi connectivity index (χ1v) is 6.15. The zero-order chi connectivity index (χ0) is 14.5. The Kier molecular flexibility index (Phi) is 4.20. The molecule has 0 fully saturated rings. The molecule has 1 N–H and O–H groups in total. The van der Waals surface area contributed by atoms with Gasteiger partial charge in [-0.25, -0.2) is 4.79 Å². The highest BCUT2D eigenvalue weighted by atomic mass is 16.5. The standard InChI is InChI=1S/C15H16N2O3/c1-11-8-16-17(9-11)10-13-7-14(20-2)5-3-12(13)4-6-15(18)19/h3-9H,10H2,1-2H3,(H,18,19). The molecule has 0 saturated heterocycles. The van der Waals surface area contributed by atoms with E-state index >= 15 is 0 Å². The molecule has 5 nitrogen and oxygen atoms in total. The third kappa shape index (κ3) is 3.47. The molecule has 20 heavy (non-hydrogen) atoms. The van der Waals surface area contributed by atoms with E-state index in [0.717, 1.165) is 28.5 Å². The first kappa shape index (κ1) is 13.9. The lowest BCUT2D eigenvalue weighted by atomic mass is 10.1. The molecule has 1 aromatic carbocycles. The number of aromatic nitrogens is 2. The second-order valence-corrected chi connectivity index (χ2v) is 4.45. The summed E-state index contributed by atoms with van der Waals surface area (Å²) in [4.78, 5) is 10.6. The van der Waals surface area contributed by atoms with E-state index in [1.165, 1.54) is 0 Å². The van der Waals surface area contributed by atoms with E-state index in [0.29, 0.717) is 6.54 Å². The van der Waals surface area contributed by atoms with Gasteiger partial charge in [-0.2, -0.15) is 5.10 Å². The molecule has 2 aromatic rings. The van der Waals surface area contributed by atoms with E-state index in [1.807, 2.05) is 29.9 Å². The molecule has 2 rings (SSSR count). The zero-order valence-corrected chi connectivity index (χ0v) is 11.4. The van der Waals surface area contributed by atoms with E-state index in [2.05, 4.69) is 5.10 Å². The van der Waals surface area contributed by atoms with Crippen LogP contribution in [0.25, 0.3) is 6.08 Å². The van der Waals surface area contributed by atoms with Crippen molar-refractivity contribution in [2.75, 3.05) is 7.11 Å². The topological polar surface area (TPSA) is 64.3 Å². The number of carboxylic acids is 1. The van der Waals surface area contributed by atoms with Gasteiger partial charge < -0.3 is 9.84 Å². The molecule has 0 bridgehead atoms. The minimum atomic E-state index is -0.971. The predicted octanol–water partition coefficient (Wildman–Crippen LogP) is 2.35. The number of methoxy groups -OCH3 is 1. The summed E-state index contributed by atoms with van der Waals surface area (Å²) in [5.74, 6) is -0.238. The third-order valence-electron chi connectivity index (χ3n) is 2.85. The number of hydrogen-bond acceptors (Lipinski definition) is 3. The van der Waals surface area contributed by atoms with Gasteiger partial charge in [0.15, 0.2) is 0 Å². The van der Waals surface area contributed by atoms with Crippen molar-refractivity contribution in [1.29, 1.82) is 0 Å². The molecule has 0 spiro atoms. The average molecular weight is 272 g/mol. The van der Waals surface area contributed by atoms with Crippen LogP contribution >= 0.6 is 0 Å². The van der Waals surface area contributed by atoms with Crippen LogP contribution in [0.3, 0.4) is 0 Å². The van der Waals surface area contributed by atoms with Crippen molar-refractivity contribution >= 4 is 12.0 Å². The van der Waals surface area contributed by atoms with Crippen LogP contribution in [-0.2, 0) is 11.3 Å². The number of rotatable bonds is 5. The highest BCUT2D eigenvalue weighted by molar-refractivity contribution is 5.85. The Labute approximate surface area is 117 Å². The molecule has 0 amide bonds. The van der Waals surface area contributed by atoms with E-state index < -0.39 is 5.97 Å². The molecular formula is C15H16N2O3. The second-order valence-electron chi connectivity index (χ2n) is 4.45. The van der Waals surface area contributed by atoms with Crippen molar-refractivity contribution in [3.8, 4) is 5.75 Å². The van der Waals surface area contributed by atoms with E-state index in [9.17, 15) is 4.79 Å². The summed E-state index contributed by atoms with van der Waals surface area (Å²) < 4.78 is 7.02. The number of aryl methyl sites for hydroxylation is 1. The molecule has 5 heteroatoms. The molecule has 0 aliphatic heterocycles. The average Bonchev–Trinajstić information content (AvgIpc) is 2.82. The van der Waals surface area contributed by atoms with Crippen molar-refractivity contribution in [3.05, 3.63) is 53.4 Å². The summed E-state index contributed by atoms with van der Waals surface area (Å²) in [7, 11) is 1.60. The fraction of sp³-hybridized carbons (Fsp3) is 0.200. The van der Waals surface area contributed by atoms with Crippen molar-refractivity contribution in [1.82, 2.24) is 9.78 Å². The van der Waals surface area contributed by atoms with Gasteiger partial charge in [-0.15, -0.1) is 0 Å². The summed E-state index contributed by atoms with van der Waals surface area (Å²) in [6, 6.07) is 5.53. The smallest absolute Gasteiger partial charge is 0.328 e. The second kappa shape index (κ2) is 6.06. The molecule has 104 valence electrons.